The molecule has 2 aromatic rings. The van der Waals surface area contributed by atoms with Crippen molar-refractivity contribution in [3.05, 3.63) is 30.1 Å². The molecule has 0 saturated carbocycles. The minimum absolute atomic E-state index is 0. The van der Waals surface area contributed by atoms with Crippen LogP contribution in [-0.4, -0.2) is 59.7 Å². The van der Waals surface area contributed by atoms with E-state index in [1.807, 2.05) is 17.2 Å². The zero-order chi connectivity index (χ0) is 16.4. The van der Waals surface area contributed by atoms with Gasteiger partial charge in [0.15, 0.2) is 0 Å². The molecule has 2 aliphatic rings. The first-order valence-electron chi connectivity index (χ1n) is 8.82. The zero-order valence-electron chi connectivity index (χ0n) is 14.6. The van der Waals surface area contributed by atoms with E-state index < -0.39 is 0 Å². The first kappa shape index (κ1) is 21.0. The number of nitrogens with zero attached hydrogens (tertiary/aromatic N) is 2. The van der Waals surface area contributed by atoms with Crippen LogP contribution in [0.25, 0.3) is 11.0 Å². The number of rotatable bonds is 3. The fraction of sp³-hybridized carbons (Fsp3) is 0.556. The van der Waals surface area contributed by atoms with Crippen LogP contribution in [0.2, 0.25) is 0 Å². The summed E-state index contributed by atoms with van der Waals surface area (Å²) < 4.78 is 5.43. The van der Waals surface area contributed by atoms with E-state index in [4.69, 9.17) is 4.74 Å². The highest BCUT2D eigenvalue weighted by Crippen LogP contribution is 2.32. The minimum atomic E-state index is 0. The van der Waals surface area contributed by atoms with Gasteiger partial charge in [0.2, 0.25) is 5.91 Å². The largest absolute Gasteiger partial charge is 0.378 e. The predicted octanol–water partition coefficient (Wildman–Crippen LogP) is 2.49. The highest BCUT2D eigenvalue weighted by molar-refractivity contribution is 5.85. The van der Waals surface area contributed by atoms with Crippen molar-refractivity contribution in [2.75, 3.05) is 32.8 Å². The maximum absolute atomic E-state index is 12.5. The van der Waals surface area contributed by atoms with Crippen molar-refractivity contribution >= 4 is 41.8 Å². The Morgan fingerprint density at radius 2 is 2.12 bits per heavy atom. The summed E-state index contributed by atoms with van der Waals surface area (Å²) in [5.74, 6) is 0.750. The summed E-state index contributed by atoms with van der Waals surface area (Å²) in [7, 11) is 0. The summed E-state index contributed by atoms with van der Waals surface area (Å²) in [6, 6.07) is 4.28. The van der Waals surface area contributed by atoms with E-state index in [2.05, 4.69) is 27.5 Å². The van der Waals surface area contributed by atoms with Gasteiger partial charge in [-0.1, -0.05) is 0 Å². The SMILES string of the molecule is Cl.Cl.O=C(CC1COCCN1)N1CCC(c2c[nH]c3ncccc23)CC1. The molecule has 8 heteroatoms. The topological polar surface area (TPSA) is 70.2 Å². The molecule has 1 atom stereocenters. The van der Waals surface area contributed by atoms with Crippen molar-refractivity contribution in [1.82, 2.24) is 20.2 Å². The number of piperidine rings is 1. The number of ether oxygens (including phenoxy) is 1. The number of carbonyl (C=O) groups excluding carboxylic acids is 1. The Labute approximate surface area is 165 Å². The minimum Gasteiger partial charge on any atom is -0.378 e. The zero-order valence-corrected chi connectivity index (χ0v) is 16.3. The van der Waals surface area contributed by atoms with Crippen LogP contribution in [0.15, 0.2) is 24.5 Å². The van der Waals surface area contributed by atoms with Crippen molar-refractivity contribution in [2.24, 2.45) is 0 Å². The average Bonchev–Trinajstić information content (AvgIpc) is 3.07. The summed E-state index contributed by atoms with van der Waals surface area (Å²) >= 11 is 0. The molecule has 4 rings (SSSR count). The van der Waals surface area contributed by atoms with Crippen molar-refractivity contribution in [2.45, 2.75) is 31.2 Å². The number of likely N-dealkylation sites (tertiary alicyclic amines) is 1. The van der Waals surface area contributed by atoms with Gasteiger partial charge in [-0.3, -0.25) is 4.79 Å². The maximum Gasteiger partial charge on any atom is 0.224 e. The third-order valence-electron chi connectivity index (χ3n) is 5.19. The van der Waals surface area contributed by atoms with Gasteiger partial charge in [0, 0.05) is 49.9 Å². The standard InChI is InChI=1S/C18H24N4O2.2ClH/c23-17(10-14-12-24-9-6-19-14)22-7-3-13(4-8-22)16-11-21-18-15(16)2-1-5-20-18;;/h1-2,5,11,13-14,19H,3-4,6-10,12H2,(H,20,21);2*1H. The van der Waals surface area contributed by atoms with Crippen molar-refractivity contribution in [3.63, 3.8) is 0 Å². The van der Waals surface area contributed by atoms with Crippen LogP contribution in [-0.2, 0) is 9.53 Å². The molecule has 1 unspecified atom stereocenters. The van der Waals surface area contributed by atoms with Crippen LogP contribution in [0.3, 0.4) is 0 Å². The van der Waals surface area contributed by atoms with Gasteiger partial charge in [0.1, 0.15) is 5.65 Å². The molecule has 0 spiro atoms. The molecule has 26 heavy (non-hydrogen) atoms. The number of aromatic nitrogens is 2. The number of pyridine rings is 1. The molecule has 0 aliphatic carbocycles. The second kappa shape index (κ2) is 9.55. The molecular formula is C18H26Cl2N4O2. The van der Waals surface area contributed by atoms with E-state index in [9.17, 15) is 4.79 Å². The maximum atomic E-state index is 12.5. The number of H-pyrrole nitrogens is 1. The van der Waals surface area contributed by atoms with Crippen LogP contribution in [0.4, 0.5) is 0 Å². The number of hydrogen-bond donors (Lipinski definition) is 2. The van der Waals surface area contributed by atoms with Crippen LogP contribution in [0, 0.1) is 0 Å². The van der Waals surface area contributed by atoms with E-state index in [0.29, 0.717) is 18.9 Å². The Hall–Kier alpha value is -1.34. The molecule has 2 N–H and O–H groups in total. The summed E-state index contributed by atoms with van der Waals surface area (Å²) in [4.78, 5) is 22.1. The third kappa shape index (κ3) is 4.49. The number of fused-ring (bicyclic) bond motifs is 1. The van der Waals surface area contributed by atoms with Crippen molar-refractivity contribution in [3.8, 4) is 0 Å². The number of halogens is 2. The summed E-state index contributed by atoms with van der Waals surface area (Å²) in [6.45, 7) is 3.91. The molecule has 0 aromatic carbocycles. The fourth-order valence-corrected chi connectivity index (χ4v) is 3.85. The lowest BCUT2D eigenvalue weighted by Gasteiger charge is -2.33. The van der Waals surface area contributed by atoms with Crippen LogP contribution < -0.4 is 5.32 Å². The van der Waals surface area contributed by atoms with E-state index >= 15 is 0 Å². The number of amides is 1. The Bertz CT molecular complexity index is 710. The molecule has 2 aliphatic heterocycles. The second-order valence-electron chi connectivity index (χ2n) is 6.73. The number of nitrogens with one attached hydrogen (secondary N) is 2. The Morgan fingerprint density at radius 3 is 2.85 bits per heavy atom. The molecule has 2 aromatic heterocycles. The first-order chi connectivity index (χ1) is 11.8. The monoisotopic (exact) mass is 400 g/mol. The number of hydrogen-bond acceptors (Lipinski definition) is 4. The molecule has 1 amide bonds. The third-order valence-corrected chi connectivity index (χ3v) is 5.19. The Kier molecular flexibility index (Phi) is 7.70. The second-order valence-corrected chi connectivity index (χ2v) is 6.73. The van der Waals surface area contributed by atoms with Gasteiger partial charge >= 0.3 is 0 Å². The van der Waals surface area contributed by atoms with E-state index in [0.717, 1.165) is 44.7 Å². The van der Waals surface area contributed by atoms with Crippen LogP contribution in [0.1, 0.15) is 30.7 Å². The van der Waals surface area contributed by atoms with Gasteiger partial charge in [-0.25, -0.2) is 4.98 Å². The Balaban J connectivity index is 0.00000121. The van der Waals surface area contributed by atoms with Gasteiger partial charge in [-0.05, 0) is 36.5 Å². The lowest BCUT2D eigenvalue weighted by molar-refractivity contribution is -0.133. The smallest absolute Gasteiger partial charge is 0.224 e. The van der Waals surface area contributed by atoms with Gasteiger partial charge in [-0.15, -0.1) is 24.8 Å². The van der Waals surface area contributed by atoms with Gasteiger partial charge in [-0.2, -0.15) is 0 Å². The fourth-order valence-electron chi connectivity index (χ4n) is 3.85. The van der Waals surface area contributed by atoms with Gasteiger partial charge < -0.3 is 19.9 Å². The normalized spacial score (nSPS) is 21.1. The number of aromatic amines is 1. The highest BCUT2D eigenvalue weighted by atomic mass is 35.5. The Morgan fingerprint density at radius 1 is 1.31 bits per heavy atom. The average molecular weight is 401 g/mol. The molecule has 144 valence electrons. The van der Waals surface area contributed by atoms with E-state index in [1.54, 1.807) is 0 Å². The van der Waals surface area contributed by atoms with Gasteiger partial charge in [0.25, 0.3) is 0 Å². The summed E-state index contributed by atoms with van der Waals surface area (Å²) in [5.41, 5.74) is 2.29. The lowest BCUT2D eigenvalue weighted by atomic mass is 9.89. The summed E-state index contributed by atoms with van der Waals surface area (Å²) in [6.07, 6.45) is 6.47. The molecule has 2 fully saturated rings. The molecular weight excluding hydrogens is 375 g/mol. The first-order valence-corrected chi connectivity index (χ1v) is 8.82. The predicted molar refractivity (Wildman–Crippen MR) is 106 cm³/mol. The van der Waals surface area contributed by atoms with E-state index in [1.165, 1.54) is 10.9 Å². The van der Waals surface area contributed by atoms with Crippen molar-refractivity contribution in [1.29, 1.82) is 0 Å². The lowest BCUT2D eigenvalue weighted by Crippen LogP contribution is -2.46. The molecule has 2 saturated heterocycles. The number of morpholine rings is 1. The van der Waals surface area contributed by atoms with E-state index in [-0.39, 0.29) is 36.8 Å². The van der Waals surface area contributed by atoms with Crippen LogP contribution >= 0.6 is 24.8 Å². The van der Waals surface area contributed by atoms with Crippen molar-refractivity contribution < 1.29 is 9.53 Å². The molecule has 0 bridgehead atoms. The molecule has 0 radical (unpaired) electrons. The number of carbonyl (C=O) groups is 1. The highest BCUT2D eigenvalue weighted by Gasteiger charge is 2.27. The molecule has 4 heterocycles. The quantitative estimate of drug-likeness (QED) is 0.829. The summed E-state index contributed by atoms with van der Waals surface area (Å²) in [5, 5.41) is 4.57. The van der Waals surface area contributed by atoms with Crippen LogP contribution in [0.5, 0.6) is 0 Å². The molecule has 6 nitrogen and oxygen atoms in total. The van der Waals surface area contributed by atoms with Gasteiger partial charge in [0.05, 0.1) is 13.2 Å².